The standard InChI is InChI=1S/C26H21N3O4/c30-17-9-10-18-20(12-17)33-24-21(15-11-14-5-1-4-8-19(14)32-13-15)22-25(27-23(18)24)29(28-26(22)31)16-6-2-3-7-16/h1,4-5,8-12,16,27H,2-3,6-7,13H2,(H,28,31). The number of para-hydroxylation sites is 1. The summed E-state index contributed by atoms with van der Waals surface area (Å²) in [5.41, 5.74) is 4.86. The monoisotopic (exact) mass is 439 g/mol. The van der Waals surface area contributed by atoms with Gasteiger partial charge in [0.25, 0.3) is 5.56 Å². The molecule has 5 aromatic rings. The first-order chi connectivity index (χ1) is 16.2. The van der Waals surface area contributed by atoms with Gasteiger partial charge < -0.3 is 14.1 Å². The highest BCUT2D eigenvalue weighted by molar-refractivity contribution is 6.13. The van der Waals surface area contributed by atoms with Gasteiger partial charge in [0.05, 0.1) is 16.9 Å². The number of nitrogens with zero attached hydrogens (tertiary/aromatic N) is 1. The van der Waals surface area contributed by atoms with Crippen LogP contribution in [-0.2, 0) is 0 Å². The second-order valence-corrected chi connectivity index (χ2v) is 8.93. The molecule has 2 aliphatic rings. The summed E-state index contributed by atoms with van der Waals surface area (Å²) in [7, 11) is 0. The average molecular weight is 439 g/mol. The number of aromatic amines is 2. The molecule has 0 atom stereocenters. The summed E-state index contributed by atoms with van der Waals surface area (Å²) in [6.07, 6.45) is 6.43. The van der Waals surface area contributed by atoms with Gasteiger partial charge in [-0.15, -0.1) is 0 Å². The molecule has 0 spiro atoms. The summed E-state index contributed by atoms with van der Waals surface area (Å²) in [5, 5.41) is 4.46. The van der Waals surface area contributed by atoms with Crippen LogP contribution in [0.1, 0.15) is 42.9 Å². The Hall–Kier alpha value is -4.00. The van der Waals surface area contributed by atoms with Gasteiger partial charge in [-0.3, -0.25) is 19.4 Å². The van der Waals surface area contributed by atoms with E-state index in [1.807, 2.05) is 28.9 Å². The second-order valence-electron chi connectivity index (χ2n) is 8.93. The van der Waals surface area contributed by atoms with E-state index in [0.29, 0.717) is 23.2 Å². The van der Waals surface area contributed by atoms with Crippen LogP contribution >= 0.6 is 0 Å². The minimum atomic E-state index is -0.158. The summed E-state index contributed by atoms with van der Waals surface area (Å²) in [6, 6.07) is 12.9. The van der Waals surface area contributed by atoms with Crippen LogP contribution in [0.2, 0.25) is 0 Å². The van der Waals surface area contributed by atoms with Crippen LogP contribution in [0, 0.1) is 0 Å². The number of aromatic nitrogens is 3. The SMILES string of the molecule is O=c1ccc2c(c1)oc1c(C3=Cc4ccccc4OC3)c3c(=O)[nH]n(C4CCCC4)c3[nH]c12. The number of ether oxygens (including phenoxy) is 1. The first-order valence-corrected chi connectivity index (χ1v) is 11.3. The van der Waals surface area contributed by atoms with E-state index < -0.39 is 0 Å². The molecule has 3 aromatic heterocycles. The minimum absolute atomic E-state index is 0.116. The van der Waals surface area contributed by atoms with Gasteiger partial charge in [0, 0.05) is 28.2 Å². The van der Waals surface area contributed by atoms with Gasteiger partial charge >= 0.3 is 0 Å². The van der Waals surface area contributed by atoms with Crippen LogP contribution in [0.5, 0.6) is 5.75 Å². The van der Waals surface area contributed by atoms with E-state index in [4.69, 9.17) is 9.15 Å². The van der Waals surface area contributed by atoms with Crippen molar-refractivity contribution < 1.29 is 9.15 Å². The fraction of sp³-hybridized carbons (Fsp3) is 0.231. The summed E-state index contributed by atoms with van der Waals surface area (Å²) < 4.78 is 14.2. The van der Waals surface area contributed by atoms with Crippen LogP contribution in [0.15, 0.2) is 56.5 Å². The van der Waals surface area contributed by atoms with Gasteiger partial charge in [-0.25, -0.2) is 0 Å². The molecule has 164 valence electrons. The Labute approximate surface area is 187 Å². The lowest BCUT2D eigenvalue weighted by Gasteiger charge is -2.19. The zero-order valence-corrected chi connectivity index (χ0v) is 17.8. The number of rotatable bonds is 2. The van der Waals surface area contributed by atoms with Gasteiger partial charge in [-0.05, 0) is 37.1 Å². The Kier molecular flexibility index (Phi) is 3.80. The molecule has 2 aromatic carbocycles. The molecule has 4 heterocycles. The number of fused-ring (bicyclic) bond motifs is 5. The summed E-state index contributed by atoms with van der Waals surface area (Å²) in [4.78, 5) is 28.8. The van der Waals surface area contributed by atoms with Crippen molar-refractivity contribution in [2.24, 2.45) is 0 Å². The van der Waals surface area contributed by atoms with E-state index in [2.05, 4.69) is 16.2 Å². The molecule has 1 saturated carbocycles. The molecular weight excluding hydrogens is 418 g/mol. The van der Waals surface area contributed by atoms with Crippen molar-refractivity contribution in [2.75, 3.05) is 6.61 Å². The van der Waals surface area contributed by atoms with Crippen molar-refractivity contribution in [3.63, 3.8) is 0 Å². The fourth-order valence-electron chi connectivity index (χ4n) is 5.42. The topological polar surface area (TPSA) is 93.0 Å². The fourth-order valence-corrected chi connectivity index (χ4v) is 5.42. The Bertz CT molecular complexity index is 1720. The van der Waals surface area contributed by atoms with E-state index in [-0.39, 0.29) is 17.0 Å². The maximum absolute atomic E-state index is 13.3. The Morgan fingerprint density at radius 3 is 2.76 bits per heavy atom. The van der Waals surface area contributed by atoms with Crippen LogP contribution in [-0.4, -0.2) is 21.4 Å². The number of nitrogens with one attached hydrogen (secondary N) is 2. The molecule has 1 aliphatic carbocycles. The average Bonchev–Trinajstić information content (AvgIpc) is 3.55. The molecule has 0 unspecified atom stereocenters. The lowest BCUT2D eigenvalue weighted by Crippen LogP contribution is -2.10. The molecule has 7 rings (SSSR count). The van der Waals surface area contributed by atoms with E-state index in [1.54, 1.807) is 6.07 Å². The molecule has 1 fully saturated rings. The number of H-pyrrole nitrogens is 2. The molecule has 0 amide bonds. The van der Waals surface area contributed by atoms with Crippen molar-refractivity contribution >= 4 is 44.8 Å². The quantitative estimate of drug-likeness (QED) is 0.406. The Balaban J connectivity index is 1.62. The Morgan fingerprint density at radius 2 is 1.88 bits per heavy atom. The minimum Gasteiger partial charge on any atom is -0.488 e. The van der Waals surface area contributed by atoms with Gasteiger partial charge in [0.15, 0.2) is 11.0 Å². The highest BCUT2D eigenvalue weighted by Crippen LogP contribution is 2.40. The molecule has 7 heteroatoms. The summed E-state index contributed by atoms with van der Waals surface area (Å²) >= 11 is 0. The zero-order valence-electron chi connectivity index (χ0n) is 17.8. The third kappa shape index (κ3) is 2.68. The summed E-state index contributed by atoms with van der Waals surface area (Å²) in [6.45, 7) is 0.323. The summed E-state index contributed by atoms with van der Waals surface area (Å²) in [5.74, 6) is 0.814. The third-order valence-corrected chi connectivity index (χ3v) is 6.95. The zero-order chi connectivity index (χ0) is 22.1. The Morgan fingerprint density at radius 1 is 1.03 bits per heavy atom. The van der Waals surface area contributed by atoms with Gasteiger partial charge in [-0.1, -0.05) is 31.0 Å². The van der Waals surface area contributed by atoms with E-state index in [1.165, 1.54) is 12.1 Å². The smallest absolute Gasteiger partial charge is 0.274 e. The number of pyridine rings is 1. The lowest BCUT2D eigenvalue weighted by atomic mass is 9.98. The predicted octanol–water partition coefficient (Wildman–Crippen LogP) is 4.97. The van der Waals surface area contributed by atoms with Crippen LogP contribution in [0.3, 0.4) is 0 Å². The molecule has 33 heavy (non-hydrogen) atoms. The predicted molar refractivity (Wildman–Crippen MR) is 128 cm³/mol. The van der Waals surface area contributed by atoms with Crippen molar-refractivity contribution in [1.82, 2.24) is 14.8 Å². The highest BCUT2D eigenvalue weighted by Gasteiger charge is 2.27. The normalized spacial score (nSPS) is 16.4. The molecule has 1 aliphatic heterocycles. The number of hydrogen-bond donors (Lipinski definition) is 2. The number of benzene rings is 2. The van der Waals surface area contributed by atoms with Crippen molar-refractivity contribution in [1.29, 1.82) is 0 Å². The first-order valence-electron chi connectivity index (χ1n) is 11.3. The number of furan rings is 1. The van der Waals surface area contributed by atoms with Crippen molar-refractivity contribution in [3.05, 3.63) is 74.2 Å². The maximum Gasteiger partial charge on any atom is 0.274 e. The first kappa shape index (κ1) is 18.6. The largest absolute Gasteiger partial charge is 0.488 e. The van der Waals surface area contributed by atoms with Gasteiger partial charge in [0.2, 0.25) is 0 Å². The molecule has 0 saturated heterocycles. The lowest BCUT2D eigenvalue weighted by molar-refractivity contribution is 0.366. The molecule has 0 radical (unpaired) electrons. The maximum atomic E-state index is 13.3. The van der Waals surface area contributed by atoms with E-state index in [9.17, 15) is 9.59 Å². The van der Waals surface area contributed by atoms with Crippen LogP contribution in [0.4, 0.5) is 0 Å². The van der Waals surface area contributed by atoms with Gasteiger partial charge in [0.1, 0.15) is 23.6 Å². The van der Waals surface area contributed by atoms with Crippen molar-refractivity contribution in [3.8, 4) is 5.75 Å². The van der Waals surface area contributed by atoms with Crippen LogP contribution in [0.25, 0.3) is 44.8 Å². The van der Waals surface area contributed by atoms with Crippen molar-refractivity contribution in [2.45, 2.75) is 31.7 Å². The molecule has 2 N–H and O–H groups in total. The number of hydrogen-bond acceptors (Lipinski definition) is 4. The molecular formula is C26H21N3O4. The molecule has 0 bridgehead atoms. The van der Waals surface area contributed by atoms with E-state index in [0.717, 1.165) is 64.7 Å². The second kappa shape index (κ2) is 6.75. The third-order valence-electron chi connectivity index (χ3n) is 6.95. The van der Waals surface area contributed by atoms with E-state index >= 15 is 0 Å². The van der Waals surface area contributed by atoms with Gasteiger partial charge in [-0.2, -0.15) is 0 Å². The van der Waals surface area contributed by atoms with Crippen LogP contribution < -0.4 is 15.7 Å². The molecule has 7 nitrogen and oxygen atoms in total. The highest BCUT2D eigenvalue weighted by atomic mass is 16.5.